The SMILES string of the molecule is C[I-][C@@H]1NC(c2cccc(C(F)(F)F)c2)=C1N[C@H]1CCN(C)C1. The fourth-order valence-corrected chi connectivity index (χ4v) is 4.73. The Kier molecular flexibility index (Phi) is 4.78. The zero-order chi connectivity index (χ0) is 16.6. The van der Waals surface area contributed by atoms with Crippen LogP contribution in [0.2, 0.25) is 0 Å². The average molecular weight is 438 g/mol. The quantitative estimate of drug-likeness (QED) is 0.371. The first-order chi connectivity index (χ1) is 10.9. The summed E-state index contributed by atoms with van der Waals surface area (Å²) in [6, 6.07) is 5.95. The predicted octanol–water partition coefficient (Wildman–Crippen LogP) is -0.684. The number of hydrogen-bond donors (Lipinski definition) is 2. The van der Waals surface area contributed by atoms with Crippen LogP contribution in [0.25, 0.3) is 5.70 Å². The number of nitrogens with one attached hydrogen (secondary N) is 2. The third kappa shape index (κ3) is 3.60. The fraction of sp³-hybridized carbons (Fsp3) is 0.500. The molecule has 23 heavy (non-hydrogen) atoms. The molecule has 2 atom stereocenters. The van der Waals surface area contributed by atoms with E-state index in [-0.39, 0.29) is 21.2 Å². The molecule has 1 aromatic rings. The van der Waals surface area contributed by atoms with Crippen LogP contribution in [0.1, 0.15) is 17.5 Å². The Morgan fingerprint density at radius 2 is 2.13 bits per heavy atom. The number of rotatable bonds is 4. The summed E-state index contributed by atoms with van der Waals surface area (Å²) in [6.45, 7) is 2.04. The van der Waals surface area contributed by atoms with E-state index in [1.807, 2.05) is 0 Å². The molecule has 3 nitrogen and oxygen atoms in total. The summed E-state index contributed by atoms with van der Waals surface area (Å²) >= 11 is -0.0596. The number of benzene rings is 1. The maximum absolute atomic E-state index is 12.9. The molecule has 0 unspecified atom stereocenters. The number of hydrogen-bond acceptors (Lipinski definition) is 3. The standard InChI is InChI=1S/C16H20F3IN3/c1-20-15-14(21-12-6-7-23(2)9-12)13(22-15)10-4-3-5-11(8-10)16(17,18)19/h3-5,8,12,15,21-22H,6-7,9H2,1-2H3/q-1/t12-,15+/m0/s1. The van der Waals surface area contributed by atoms with Gasteiger partial charge in [-0.2, -0.15) is 0 Å². The van der Waals surface area contributed by atoms with E-state index in [0.717, 1.165) is 37.0 Å². The van der Waals surface area contributed by atoms with Crippen molar-refractivity contribution in [3.63, 3.8) is 0 Å². The summed E-state index contributed by atoms with van der Waals surface area (Å²) in [5.74, 6) is 0. The summed E-state index contributed by atoms with van der Waals surface area (Å²) in [4.78, 5) is 4.45. The van der Waals surface area contributed by atoms with Crippen molar-refractivity contribution in [1.82, 2.24) is 15.5 Å². The molecule has 2 aliphatic rings. The summed E-state index contributed by atoms with van der Waals surface area (Å²) in [6.07, 6.45) is -3.23. The molecule has 1 saturated heterocycles. The van der Waals surface area contributed by atoms with Crippen LogP contribution in [0.5, 0.6) is 0 Å². The van der Waals surface area contributed by atoms with E-state index in [2.05, 4.69) is 27.5 Å². The van der Waals surface area contributed by atoms with E-state index in [9.17, 15) is 13.2 Å². The van der Waals surface area contributed by atoms with Crippen molar-refractivity contribution in [3.05, 3.63) is 41.1 Å². The van der Waals surface area contributed by atoms with Crippen molar-refractivity contribution in [1.29, 1.82) is 0 Å². The van der Waals surface area contributed by atoms with Crippen molar-refractivity contribution in [2.24, 2.45) is 0 Å². The Morgan fingerprint density at radius 3 is 2.74 bits per heavy atom. The molecule has 0 radical (unpaired) electrons. The molecule has 1 fully saturated rings. The van der Waals surface area contributed by atoms with Gasteiger partial charge in [0.2, 0.25) is 0 Å². The average Bonchev–Trinajstić information content (AvgIpc) is 2.89. The van der Waals surface area contributed by atoms with Crippen LogP contribution in [0.4, 0.5) is 13.2 Å². The van der Waals surface area contributed by atoms with Gasteiger partial charge in [-0.1, -0.05) is 0 Å². The molecule has 0 saturated carbocycles. The van der Waals surface area contributed by atoms with Gasteiger partial charge in [0.25, 0.3) is 0 Å². The van der Waals surface area contributed by atoms with E-state index < -0.39 is 11.7 Å². The van der Waals surface area contributed by atoms with Gasteiger partial charge in [0.1, 0.15) is 0 Å². The van der Waals surface area contributed by atoms with Crippen molar-refractivity contribution in [3.8, 4) is 0 Å². The van der Waals surface area contributed by atoms with Gasteiger partial charge in [-0.3, -0.25) is 0 Å². The van der Waals surface area contributed by atoms with Gasteiger partial charge >= 0.3 is 144 Å². The van der Waals surface area contributed by atoms with Crippen LogP contribution in [-0.4, -0.2) is 40.1 Å². The van der Waals surface area contributed by atoms with Gasteiger partial charge in [0, 0.05) is 0 Å². The molecule has 7 heteroatoms. The molecule has 0 spiro atoms. The van der Waals surface area contributed by atoms with E-state index >= 15 is 0 Å². The fourth-order valence-electron chi connectivity index (χ4n) is 3.00. The third-order valence-electron chi connectivity index (χ3n) is 4.24. The van der Waals surface area contributed by atoms with Gasteiger partial charge in [0.15, 0.2) is 0 Å². The summed E-state index contributed by atoms with van der Waals surface area (Å²) in [7, 11) is 2.09. The molecule has 3 rings (SSSR count). The number of nitrogens with zero attached hydrogens (tertiary/aromatic N) is 1. The van der Waals surface area contributed by atoms with Crippen LogP contribution in [-0.2, 0) is 6.18 Å². The second kappa shape index (κ2) is 6.51. The van der Waals surface area contributed by atoms with Crippen molar-refractivity contribution >= 4 is 5.70 Å². The monoisotopic (exact) mass is 438 g/mol. The van der Waals surface area contributed by atoms with Crippen LogP contribution in [0, 0.1) is 0 Å². The maximum atomic E-state index is 12.9. The number of likely N-dealkylation sites (tertiary alicyclic amines) is 1. The van der Waals surface area contributed by atoms with E-state index in [0.29, 0.717) is 15.7 Å². The normalized spacial score (nSPS) is 25.4. The zero-order valence-corrected chi connectivity index (χ0v) is 15.2. The van der Waals surface area contributed by atoms with Crippen LogP contribution < -0.4 is 31.8 Å². The van der Waals surface area contributed by atoms with Crippen molar-refractivity contribution in [2.45, 2.75) is 22.7 Å². The van der Waals surface area contributed by atoms with Gasteiger partial charge in [0.05, 0.1) is 0 Å². The van der Waals surface area contributed by atoms with Gasteiger partial charge in [-0.05, 0) is 0 Å². The first-order valence-electron chi connectivity index (χ1n) is 7.50. The second-order valence-electron chi connectivity index (χ2n) is 5.98. The summed E-state index contributed by atoms with van der Waals surface area (Å²) in [5.41, 5.74) is 1.94. The molecule has 2 heterocycles. The molecular weight excluding hydrogens is 418 g/mol. The van der Waals surface area contributed by atoms with Crippen LogP contribution in [0.15, 0.2) is 30.0 Å². The number of likely N-dealkylation sites (N-methyl/N-ethyl adjacent to an activating group) is 1. The molecule has 128 valence electrons. The van der Waals surface area contributed by atoms with Crippen LogP contribution in [0.3, 0.4) is 0 Å². The van der Waals surface area contributed by atoms with E-state index in [1.54, 1.807) is 6.07 Å². The molecule has 0 bridgehead atoms. The number of halogens is 4. The topological polar surface area (TPSA) is 27.3 Å². The Morgan fingerprint density at radius 1 is 1.35 bits per heavy atom. The Hall–Kier alpha value is -0.960. The molecule has 0 aromatic heterocycles. The van der Waals surface area contributed by atoms with Crippen LogP contribution >= 0.6 is 0 Å². The van der Waals surface area contributed by atoms with Gasteiger partial charge in [-0.15, -0.1) is 0 Å². The molecule has 1 aromatic carbocycles. The Bertz CT molecular complexity index is 615. The first kappa shape index (κ1) is 16.9. The predicted molar refractivity (Wildman–Crippen MR) is 80.2 cm³/mol. The molecule has 0 amide bonds. The Labute approximate surface area is 144 Å². The molecule has 2 N–H and O–H groups in total. The van der Waals surface area contributed by atoms with E-state index in [1.165, 1.54) is 12.1 Å². The molecular formula is C16H20F3IN3-. The number of alkyl halides is 5. The van der Waals surface area contributed by atoms with Gasteiger partial charge < -0.3 is 0 Å². The van der Waals surface area contributed by atoms with Crippen molar-refractivity contribution in [2.75, 3.05) is 25.1 Å². The minimum atomic E-state index is -4.31. The summed E-state index contributed by atoms with van der Waals surface area (Å²) in [5, 5.41) is 6.92. The van der Waals surface area contributed by atoms with E-state index in [4.69, 9.17) is 0 Å². The van der Waals surface area contributed by atoms with Gasteiger partial charge in [-0.25, -0.2) is 0 Å². The molecule has 2 aliphatic heterocycles. The Balaban J connectivity index is 1.86. The molecule has 0 aliphatic carbocycles. The first-order valence-corrected chi connectivity index (χ1v) is 10.9. The van der Waals surface area contributed by atoms with Crippen molar-refractivity contribution < 1.29 is 34.4 Å². The zero-order valence-electron chi connectivity index (χ0n) is 13.0. The second-order valence-corrected chi connectivity index (χ2v) is 8.48. The summed E-state index contributed by atoms with van der Waals surface area (Å²) < 4.78 is 39.0. The third-order valence-corrected chi connectivity index (χ3v) is 6.42. The minimum absolute atomic E-state index is 0.0596.